The van der Waals surface area contributed by atoms with Crippen LogP contribution in [0.3, 0.4) is 0 Å². The first-order valence-electron chi connectivity index (χ1n) is 5.13. The van der Waals surface area contributed by atoms with Crippen molar-refractivity contribution in [2.24, 2.45) is 0 Å². The van der Waals surface area contributed by atoms with Crippen molar-refractivity contribution < 1.29 is 19.5 Å². The minimum Gasteiger partial charge on any atom is -0.378 e. The fourth-order valence-electron chi connectivity index (χ4n) is 1.55. The van der Waals surface area contributed by atoms with Gasteiger partial charge in [-0.25, -0.2) is 5.48 Å². The van der Waals surface area contributed by atoms with Gasteiger partial charge in [-0.15, -0.1) is 11.3 Å². The molecule has 0 radical (unpaired) electrons. The quantitative estimate of drug-likeness (QED) is 0.591. The largest absolute Gasteiger partial charge is 0.378 e. The predicted molar refractivity (Wildman–Crippen MR) is 60.3 cm³/mol. The Labute approximate surface area is 102 Å². The van der Waals surface area contributed by atoms with Crippen molar-refractivity contribution in [3.05, 3.63) is 21.9 Å². The predicted octanol–water partition coefficient (Wildman–Crippen LogP) is 0.340. The van der Waals surface area contributed by atoms with E-state index in [0.29, 0.717) is 36.1 Å². The summed E-state index contributed by atoms with van der Waals surface area (Å²) in [6, 6.07) is 3.11. The second-order valence-corrected chi connectivity index (χ2v) is 4.59. The number of ether oxygens (including phenoxy) is 1. The molecule has 0 saturated carbocycles. The highest BCUT2D eigenvalue weighted by molar-refractivity contribution is 7.15. The Hall–Kier alpha value is -1.44. The summed E-state index contributed by atoms with van der Waals surface area (Å²) in [6.45, 7) is 2.22. The fraction of sp³-hybridized carbons (Fsp3) is 0.400. The molecule has 0 aromatic carbocycles. The maximum Gasteiger partial charge on any atom is 0.284 e. The van der Waals surface area contributed by atoms with E-state index in [9.17, 15) is 9.59 Å². The van der Waals surface area contributed by atoms with Crippen molar-refractivity contribution in [3.63, 3.8) is 0 Å². The Bertz CT molecular complexity index is 426. The zero-order chi connectivity index (χ0) is 12.3. The number of amides is 2. The van der Waals surface area contributed by atoms with E-state index >= 15 is 0 Å². The van der Waals surface area contributed by atoms with Crippen molar-refractivity contribution in [1.29, 1.82) is 0 Å². The van der Waals surface area contributed by atoms with Gasteiger partial charge in [-0.1, -0.05) is 0 Å². The van der Waals surface area contributed by atoms with Gasteiger partial charge in [-0.05, 0) is 12.1 Å². The second-order valence-electron chi connectivity index (χ2n) is 3.51. The van der Waals surface area contributed by atoms with Crippen LogP contribution in [0.1, 0.15) is 19.3 Å². The van der Waals surface area contributed by atoms with Crippen LogP contribution in [0, 0.1) is 0 Å². The van der Waals surface area contributed by atoms with Crippen LogP contribution in [0.25, 0.3) is 0 Å². The normalized spacial score (nSPS) is 15.7. The number of nitrogens with one attached hydrogen (secondary N) is 1. The van der Waals surface area contributed by atoms with E-state index in [1.54, 1.807) is 11.0 Å². The minimum absolute atomic E-state index is 0.102. The average molecular weight is 256 g/mol. The highest BCUT2D eigenvalue weighted by Crippen LogP contribution is 2.18. The van der Waals surface area contributed by atoms with Gasteiger partial charge in [0.25, 0.3) is 11.8 Å². The van der Waals surface area contributed by atoms with Gasteiger partial charge in [0.15, 0.2) is 0 Å². The molecule has 0 atom stereocenters. The second kappa shape index (κ2) is 5.26. The molecule has 1 aliphatic heterocycles. The summed E-state index contributed by atoms with van der Waals surface area (Å²) in [5.74, 6) is -0.702. The Kier molecular flexibility index (Phi) is 3.72. The van der Waals surface area contributed by atoms with E-state index in [1.807, 2.05) is 0 Å². The standard InChI is InChI=1S/C10H12N2O4S/c13-9(11-15)7-1-2-8(17-7)10(14)12-3-5-16-6-4-12/h1-2,15H,3-6H2,(H,11,13). The smallest absolute Gasteiger partial charge is 0.284 e. The monoisotopic (exact) mass is 256 g/mol. The number of thiophene rings is 1. The molecule has 1 aromatic heterocycles. The number of rotatable bonds is 2. The molecule has 0 bridgehead atoms. The number of hydrogen-bond donors (Lipinski definition) is 2. The molecular formula is C10H12N2O4S. The molecule has 0 aliphatic carbocycles. The zero-order valence-electron chi connectivity index (χ0n) is 9.01. The minimum atomic E-state index is -0.601. The van der Waals surface area contributed by atoms with Crippen molar-refractivity contribution in [2.75, 3.05) is 26.3 Å². The summed E-state index contributed by atoms with van der Waals surface area (Å²) in [4.78, 5) is 25.6. The molecule has 2 rings (SSSR count). The molecule has 2 heterocycles. The fourth-order valence-corrected chi connectivity index (χ4v) is 2.42. The summed E-state index contributed by atoms with van der Waals surface area (Å²) in [5.41, 5.74) is 1.54. The van der Waals surface area contributed by atoms with Gasteiger partial charge in [0.1, 0.15) is 0 Å². The maximum atomic E-state index is 12.0. The summed E-state index contributed by atoms with van der Waals surface area (Å²) in [6.07, 6.45) is 0. The molecule has 6 nitrogen and oxygen atoms in total. The lowest BCUT2D eigenvalue weighted by Crippen LogP contribution is -2.40. The molecule has 2 N–H and O–H groups in total. The van der Waals surface area contributed by atoms with E-state index in [-0.39, 0.29) is 5.91 Å². The first kappa shape index (κ1) is 12.0. The lowest BCUT2D eigenvalue weighted by molar-refractivity contribution is 0.0306. The van der Waals surface area contributed by atoms with Gasteiger partial charge in [-0.3, -0.25) is 14.8 Å². The van der Waals surface area contributed by atoms with Gasteiger partial charge >= 0.3 is 0 Å². The number of hydroxylamine groups is 1. The molecule has 1 aromatic rings. The third kappa shape index (κ3) is 2.63. The molecule has 92 valence electrons. The Morgan fingerprint density at radius 3 is 2.59 bits per heavy atom. The summed E-state index contributed by atoms with van der Waals surface area (Å²) >= 11 is 1.06. The lowest BCUT2D eigenvalue weighted by Gasteiger charge is -2.26. The van der Waals surface area contributed by atoms with E-state index < -0.39 is 5.91 Å². The van der Waals surface area contributed by atoms with Gasteiger partial charge < -0.3 is 9.64 Å². The van der Waals surface area contributed by atoms with Crippen LogP contribution in [-0.2, 0) is 4.74 Å². The molecular weight excluding hydrogens is 244 g/mol. The first-order chi connectivity index (χ1) is 8.22. The Balaban J connectivity index is 2.08. The van der Waals surface area contributed by atoms with Crippen LogP contribution < -0.4 is 5.48 Å². The van der Waals surface area contributed by atoms with Gasteiger partial charge in [0, 0.05) is 13.1 Å². The maximum absolute atomic E-state index is 12.0. The molecule has 1 aliphatic rings. The number of carbonyl (C=O) groups excluding carboxylic acids is 2. The first-order valence-corrected chi connectivity index (χ1v) is 5.95. The van der Waals surface area contributed by atoms with Crippen molar-refractivity contribution in [3.8, 4) is 0 Å². The average Bonchev–Trinajstić information content (AvgIpc) is 2.87. The highest BCUT2D eigenvalue weighted by Gasteiger charge is 2.21. The van der Waals surface area contributed by atoms with Crippen LogP contribution >= 0.6 is 11.3 Å². The molecule has 0 unspecified atom stereocenters. The van der Waals surface area contributed by atoms with Crippen LogP contribution in [0.2, 0.25) is 0 Å². The van der Waals surface area contributed by atoms with E-state index in [1.165, 1.54) is 11.5 Å². The summed E-state index contributed by atoms with van der Waals surface area (Å²) in [7, 11) is 0. The SMILES string of the molecule is O=C(NO)c1ccc(C(=O)N2CCOCC2)s1. The third-order valence-electron chi connectivity index (χ3n) is 2.44. The Morgan fingerprint density at radius 1 is 1.29 bits per heavy atom. The number of morpholine rings is 1. The molecule has 7 heteroatoms. The molecule has 2 amide bonds. The Morgan fingerprint density at radius 2 is 1.94 bits per heavy atom. The number of hydrogen-bond acceptors (Lipinski definition) is 5. The molecule has 1 fully saturated rings. The number of nitrogens with zero attached hydrogens (tertiary/aromatic N) is 1. The summed E-state index contributed by atoms with van der Waals surface area (Å²) in [5, 5.41) is 8.48. The van der Waals surface area contributed by atoms with E-state index in [0.717, 1.165) is 11.3 Å². The number of carbonyl (C=O) groups is 2. The third-order valence-corrected chi connectivity index (χ3v) is 3.51. The highest BCUT2D eigenvalue weighted by atomic mass is 32.1. The molecule has 17 heavy (non-hydrogen) atoms. The van der Waals surface area contributed by atoms with Gasteiger partial charge in [0.2, 0.25) is 0 Å². The van der Waals surface area contributed by atoms with Crippen molar-refractivity contribution in [1.82, 2.24) is 10.4 Å². The van der Waals surface area contributed by atoms with Crippen molar-refractivity contribution in [2.45, 2.75) is 0 Å². The van der Waals surface area contributed by atoms with Crippen LogP contribution in [-0.4, -0.2) is 48.2 Å². The van der Waals surface area contributed by atoms with E-state index in [2.05, 4.69) is 0 Å². The van der Waals surface area contributed by atoms with Gasteiger partial charge in [0.05, 0.1) is 23.0 Å². The van der Waals surface area contributed by atoms with Crippen LogP contribution in [0.5, 0.6) is 0 Å². The lowest BCUT2D eigenvalue weighted by atomic mass is 10.3. The van der Waals surface area contributed by atoms with Crippen LogP contribution in [0.4, 0.5) is 0 Å². The summed E-state index contributed by atoms with van der Waals surface area (Å²) < 4.78 is 5.16. The van der Waals surface area contributed by atoms with Crippen molar-refractivity contribution >= 4 is 23.2 Å². The van der Waals surface area contributed by atoms with Crippen LogP contribution in [0.15, 0.2) is 12.1 Å². The molecule has 1 saturated heterocycles. The van der Waals surface area contributed by atoms with Gasteiger partial charge in [-0.2, -0.15) is 0 Å². The van der Waals surface area contributed by atoms with E-state index in [4.69, 9.17) is 9.94 Å². The molecule has 0 spiro atoms. The zero-order valence-corrected chi connectivity index (χ0v) is 9.83. The topological polar surface area (TPSA) is 78.9 Å².